The molecule has 0 atom stereocenters. The van der Waals surface area contributed by atoms with Gasteiger partial charge in [0.05, 0.1) is 0 Å². The molecule has 1 aromatic rings. The summed E-state index contributed by atoms with van der Waals surface area (Å²) in [4.78, 5) is 10.6. The first kappa shape index (κ1) is 8.07. The van der Waals surface area contributed by atoms with Gasteiger partial charge >= 0.3 is 0 Å². The highest BCUT2D eigenvalue weighted by atomic mass is 16.1. The molecule has 0 bridgehead atoms. The van der Waals surface area contributed by atoms with E-state index in [1.54, 1.807) is 6.07 Å². The summed E-state index contributed by atoms with van der Waals surface area (Å²) in [6, 6.07) is 7.44. The van der Waals surface area contributed by atoms with Crippen molar-refractivity contribution in [3.8, 4) is 11.8 Å². The van der Waals surface area contributed by atoms with Crippen molar-refractivity contribution in [3.63, 3.8) is 0 Å². The second-order valence-electron chi connectivity index (χ2n) is 3.25. The molecule has 0 radical (unpaired) electrons. The van der Waals surface area contributed by atoms with E-state index in [-0.39, 0.29) is 0 Å². The summed E-state index contributed by atoms with van der Waals surface area (Å²) in [5.74, 6) is 6.77. The van der Waals surface area contributed by atoms with Crippen LogP contribution in [0.4, 0.5) is 0 Å². The van der Waals surface area contributed by atoms with Gasteiger partial charge in [-0.25, -0.2) is 0 Å². The quantitative estimate of drug-likeness (QED) is 0.466. The third-order valence-electron chi connectivity index (χ3n) is 2.08. The molecule has 0 aromatic heterocycles. The minimum absolute atomic E-state index is 0.583. The van der Waals surface area contributed by atoms with Crippen molar-refractivity contribution in [3.05, 3.63) is 35.4 Å². The predicted octanol–water partition coefficient (Wildman–Crippen LogP) is 2.26. The van der Waals surface area contributed by atoms with Gasteiger partial charge in [-0.3, -0.25) is 4.79 Å². The van der Waals surface area contributed by atoms with E-state index in [9.17, 15) is 4.79 Å². The van der Waals surface area contributed by atoms with Crippen LogP contribution in [0.5, 0.6) is 0 Å². The first-order valence-corrected chi connectivity index (χ1v) is 4.46. The summed E-state index contributed by atoms with van der Waals surface area (Å²) in [5.41, 5.74) is 1.54. The normalized spacial score (nSPS) is 14.5. The van der Waals surface area contributed by atoms with Crippen LogP contribution in [0.2, 0.25) is 0 Å². The summed E-state index contributed by atoms with van der Waals surface area (Å²) in [6.45, 7) is 0. The minimum Gasteiger partial charge on any atom is -0.298 e. The Bertz CT molecular complexity index is 378. The lowest BCUT2D eigenvalue weighted by Crippen LogP contribution is -1.85. The lowest BCUT2D eigenvalue weighted by molar-refractivity contribution is 0.112. The lowest BCUT2D eigenvalue weighted by Gasteiger charge is -1.93. The molecule has 1 nitrogen and oxygen atoms in total. The molecule has 1 saturated carbocycles. The second-order valence-corrected chi connectivity index (χ2v) is 3.25. The van der Waals surface area contributed by atoms with Gasteiger partial charge in [-0.15, -0.1) is 0 Å². The Morgan fingerprint density at radius 3 is 2.77 bits per heavy atom. The predicted molar refractivity (Wildman–Crippen MR) is 51.4 cm³/mol. The number of carbonyl (C=O) groups is 1. The second kappa shape index (κ2) is 3.45. The number of carbonyl (C=O) groups excluding carboxylic acids is 1. The fraction of sp³-hybridized carbons (Fsp3) is 0.250. The number of hydrogen-bond acceptors (Lipinski definition) is 1. The third-order valence-corrected chi connectivity index (χ3v) is 2.08. The van der Waals surface area contributed by atoms with E-state index < -0.39 is 0 Å². The van der Waals surface area contributed by atoms with Crippen molar-refractivity contribution >= 4 is 6.29 Å². The Hall–Kier alpha value is -1.55. The van der Waals surface area contributed by atoms with Crippen molar-refractivity contribution in [1.82, 2.24) is 0 Å². The summed E-state index contributed by atoms with van der Waals surface area (Å²) in [6.07, 6.45) is 3.30. The van der Waals surface area contributed by atoms with Gasteiger partial charge in [0.2, 0.25) is 0 Å². The molecule has 1 aliphatic carbocycles. The van der Waals surface area contributed by atoms with Gasteiger partial charge in [0, 0.05) is 17.0 Å². The van der Waals surface area contributed by atoms with E-state index in [0.29, 0.717) is 11.5 Å². The molecule has 0 heterocycles. The van der Waals surface area contributed by atoms with Crippen molar-refractivity contribution in [2.24, 2.45) is 5.92 Å². The standard InChI is InChI=1S/C12H10O/c13-9-12-4-2-1-3-11(12)8-7-10-5-6-10/h1-4,9-10H,5-6H2. The first-order chi connectivity index (χ1) is 6.40. The van der Waals surface area contributed by atoms with Gasteiger partial charge < -0.3 is 0 Å². The van der Waals surface area contributed by atoms with Crippen molar-refractivity contribution < 1.29 is 4.79 Å². The van der Waals surface area contributed by atoms with Gasteiger partial charge in [-0.2, -0.15) is 0 Å². The Balaban J connectivity index is 2.28. The Labute approximate surface area is 77.8 Å². The summed E-state index contributed by atoms with van der Waals surface area (Å²) in [7, 11) is 0. The number of rotatable bonds is 1. The topological polar surface area (TPSA) is 17.1 Å². The van der Waals surface area contributed by atoms with Gasteiger partial charge in [-0.1, -0.05) is 30.0 Å². The third kappa shape index (κ3) is 1.97. The van der Waals surface area contributed by atoms with Gasteiger partial charge in [0.1, 0.15) is 0 Å². The monoisotopic (exact) mass is 170 g/mol. The number of aldehydes is 1. The highest BCUT2D eigenvalue weighted by molar-refractivity contribution is 5.79. The SMILES string of the molecule is O=Cc1ccccc1C#CC1CC1. The maximum Gasteiger partial charge on any atom is 0.151 e. The fourth-order valence-electron chi connectivity index (χ4n) is 1.12. The van der Waals surface area contributed by atoms with Crippen molar-refractivity contribution in [1.29, 1.82) is 0 Å². The van der Waals surface area contributed by atoms with Crippen LogP contribution in [0.15, 0.2) is 24.3 Å². The molecule has 0 saturated heterocycles. The van der Waals surface area contributed by atoms with E-state index >= 15 is 0 Å². The first-order valence-electron chi connectivity index (χ1n) is 4.46. The van der Waals surface area contributed by atoms with Gasteiger partial charge in [0.25, 0.3) is 0 Å². The Morgan fingerprint density at radius 1 is 1.31 bits per heavy atom. The zero-order valence-corrected chi connectivity index (χ0v) is 7.29. The molecule has 0 N–H and O–H groups in total. The molecule has 1 heteroatoms. The van der Waals surface area contributed by atoms with E-state index in [2.05, 4.69) is 11.8 Å². The molecule has 13 heavy (non-hydrogen) atoms. The van der Waals surface area contributed by atoms with E-state index in [0.717, 1.165) is 11.8 Å². The summed E-state index contributed by atoms with van der Waals surface area (Å²) < 4.78 is 0. The molecule has 0 aliphatic heterocycles. The molecule has 1 fully saturated rings. The highest BCUT2D eigenvalue weighted by Gasteiger charge is 2.17. The van der Waals surface area contributed by atoms with Crippen molar-refractivity contribution in [2.45, 2.75) is 12.8 Å². The molecular weight excluding hydrogens is 160 g/mol. The van der Waals surface area contributed by atoms with Crippen LogP contribution in [0.3, 0.4) is 0 Å². The zero-order chi connectivity index (χ0) is 9.10. The fourth-order valence-corrected chi connectivity index (χ4v) is 1.12. The highest BCUT2D eigenvalue weighted by Crippen LogP contribution is 2.27. The van der Waals surface area contributed by atoms with Crippen LogP contribution in [-0.4, -0.2) is 6.29 Å². The molecule has 2 rings (SSSR count). The maximum atomic E-state index is 10.6. The Morgan fingerprint density at radius 2 is 2.08 bits per heavy atom. The Kier molecular flexibility index (Phi) is 2.14. The summed E-state index contributed by atoms with van der Waals surface area (Å²) in [5, 5.41) is 0. The molecule has 0 amide bonds. The molecule has 0 unspecified atom stereocenters. The smallest absolute Gasteiger partial charge is 0.151 e. The van der Waals surface area contributed by atoms with E-state index in [1.807, 2.05) is 18.2 Å². The van der Waals surface area contributed by atoms with Crippen LogP contribution in [0.25, 0.3) is 0 Å². The van der Waals surface area contributed by atoms with Crippen LogP contribution in [0, 0.1) is 17.8 Å². The van der Waals surface area contributed by atoms with E-state index in [4.69, 9.17) is 0 Å². The number of hydrogen-bond donors (Lipinski definition) is 0. The van der Waals surface area contributed by atoms with Crippen LogP contribution in [-0.2, 0) is 0 Å². The van der Waals surface area contributed by atoms with Gasteiger partial charge in [0.15, 0.2) is 6.29 Å². The van der Waals surface area contributed by atoms with Gasteiger partial charge in [-0.05, 0) is 18.9 Å². The van der Waals surface area contributed by atoms with Crippen LogP contribution < -0.4 is 0 Å². The average molecular weight is 170 g/mol. The zero-order valence-electron chi connectivity index (χ0n) is 7.29. The van der Waals surface area contributed by atoms with E-state index in [1.165, 1.54) is 12.8 Å². The molecular formula is C12H10O. The minimum atomic E-state index is 0.583. The summed E-state index contributed by atoms with van der Waals surface area (Å²) >= 11 is 0. The van der Waals surface area contributed by atoms with Crippen LogP contribution in [0.1, 0.15) is 28.8 Å². The number of benzene rings is 1. The molecule has 0 spiro atoms. The largest absolute Gasteiger partial charge is 0.298 e. The molecule has 1 aromatic carbocycles. The maximum absolute atomic E-state index is 10.6. The molecule has 1 aliphatic rings. The average Bonchev–Trinajstić information content (AvgIpc) is 2.99. The molecule has 64 valence electrons. The van der Waals surface area contributed by atoms with Crippen molar-refractivity contribution in [2.75, 3.05) is 0 Å². The van der Waals surface area contributed by atoms with Crippen LogP contribution >= 0.6 is 0 Å². The lowest BCUT2D eigenvalue weighted by atomic mass is 10.1.